The lowest BCUT2D eigenvalue weighted by molar-refractivity contribution is -0.124. The van der Waals surface area contributed by atoms with Gasteiger partial charge in [0.05, 0.1) is 17.8 Å². The van der Waals surface area contributed by atoms with E-state index < -0.39 is 0 Å². The summed E-state index contributed by atoms with van der Waals surface area (Å²) in [5, 5.41) is 7.41. The van der Waals surface area contributed by atoms with E-state index in [1.165, 1.54) is 25.7 Å². The van der Waals surface area contributed by atoms with Gasteiger partial charge in [0, 0.05) is 38.8 Å². The summed E-state index contributed by atoms with van der Waals surface area (Å²) in [4.78, 5) is 29.2. The Morgan fingerprint density at radius 2 is 2.00 bits per heavy atom. The molecule has 1 aromatic heterocycles. The molecule has 142 valence electrons. The molecule has 0 aromatic carbocycles. The van der Waals surface area contributed by atoms with Crippen LogP contribution in [-0.4, -0.2) is 59.9 Å². The molecule has 0 spiro atoms. The zero-order valence-electron chi connectivity index (χ0n) is 15.4. The zero-order valence-corrected chi connectivity index (χ0v) is 15.4. The molecule has 1 aromatic rings. The van der Waals surface area contributed by atoms with Crippen LogP contribution in [0.1, 0.15) is 32.1 Å². The average molecular weight is 359 g/mol. The first-order valence-electron chi connectivity index (χ1n) is 10.0. The highest BCUT2D eigenvalue weighted by Crippen LogP contribution is 2.30. The van der Waals surface area contributed by atoms with Crippen LogP contribution in [0.15, 0.2) is 17.1 Å². The second-order valence-corrected chi connectivity index (χ2v) is 7.95. The smallest absolute Gasteiger partial charge is 0.268 e. The van der Waals surface area contributed by atoms with Gasteiger partial charge in [0.1, 0.15) is 0 Å². The van der Waals surface area contributed by atoms with E-state index in [1.54, 1.807) is 16.9 Å². The van der Waals surface area contributed by atoms with Gasteiger partial charge in [0.15, 0.2) is 0 Å². The molecule has 3 heterocycles. The number of carbonyl (C=O) groups is 1. The molecule has 1 aliphatic carbocycles. The van der Waals surface area contributed by atoms with E-state index in [1.807, 2.05) is 0 Å². The second-order valence-electron chi connectivity index (χ2n) is 7.95. The van der Waals surface area contributed by atoms with Gasteiger partial charge in [0.2, 0.25) is 5.91 Å². The van der Waals surface area contributed by atoms with Gasteiger partial charge in [-0.25, -0.2) is 4.68 Å². The van der Waals surface area contributed by atoms with Crippen molar-refractivity contribution in [3.63, 3.8) is 0 Å². The van der Waals surface area contributed by atoms with Crippen LogP contribution in [0, 0.1) is 11.8 Å². The Balaban J connectivity index is 1.26. The fourth-order valence-electron chi connectivity index (χ4n) is 3.98. The SMILES string of the molecule is O=C(NCCN1CCCC1)C1CCN(c2cnn(CC3CC3)c(=O)c2)C1. The van der Waals surface area contributed by atoms with Gasteiger partial charge in [-0.05, 0) is 51.1 Å². The lowest BCUT2D eigenvalue weighted by atomic mass is 10.1. The zero-order chi connectivity index (χ0) is 17.9. The number of hydrogen-bond acceptors (Lipinski definition) is 5. The lowest BCUT2D eigenvalue weighted by Gasteiger charge is -2.19. The molecule has 1 amide bonds. The first-order chi connectivity index (χ1) is 12.7. The number of likely N-dealkylation sites (tertiary alicyclic amines) is 1. The van der Waals surface area contributed by atoms with Crippen LogP contribution in [0.2, 0.25) is 0 Å². The van der Waals surface area contributed by atoms with Crippen LogP contribution in [0.4, 0.5) is 5.69 Å². The Kier molecular flexibility index (Phi) is 5.24. The molecule has 7 heteroatoms. The molecule has 0 bridgehead atoms. The van der Waals surface area contributed by atoms with Crippen molar-refractivity contribution in [3.05, 3.63) is 22.6 Å². The summed E-state index contributed by atoms with van der Waals surface area (Å²) in [6.07, 6.45) is 7.57. The maximum atomic E-state index is 12.4. The van der Waals surface area contributed by atoms with E-state index in [2.05, 4.69) is 20.2 Å². The summed E-state index contributed by atoms with van der Waals surface area (Å²) in [6, 6.07) is 1.67. The molecule has 3 aliphatic rings. The Bertz CT molecular complexity index is 693. The normalized spacial score (nSPS) is 23.5. The Morgan fingerprint density at radius 1 is 1.19 bits per heavy atom. The Labute approximate surface area is 154 Å². The molecule has 1 atom stereocenters. The van der Waals surface area contributed by atoms with Gasteiger partial charge in [-0.3, -0.25) is 9.59 Å². The molecular weight excluding hydrogens is 330 g/mol. The van der Waals surface area contributed by atoms with E-state index in [9.17, 15) is 9.59 Å². The summed E-state index contributed by atoms with van der Waals surface area (Å²) in [5.41, 5.74) is 0.808. The minimum Gasteiger partial charge on any atom is -0.369 e. The Hall–Kier alpha value is -1.89. The number of amides is 1. The van der Waals surface area contributed by atoms with Crippen LogP contribution in [0.3, 0.4) is 0 Å². The maximum absolute atomic E-state index is 12.4. The van der Waals surface area contributed by atoms with Crippen molar-refractivity contribution >= 4 is 11.6 Å². The number of nitrogens with one attached hydrogen (secondary N) is 1. The number of rotatable bonds is 7. The molecule has 1 N–H and O–H groups in total. The van der Waals surface area contributed by atoms with Crippen molar-refractivity contribution < 1.29 is 4.79 Å². The van der Waals surface area contributed by atoms with Crippen LogP contribution in [0.25, 0.3) is 0 Å². The highest BCUT2D eigenvalue weighted by atomic mass is 16.2. The van der Waals surface area contributed by atoms with E-state index in [4.69, 9.17) is 0 Å². The van der Waals surface area contributed by atoms with Gasteiger partial charge < -0.3 is 15.1 Å². The number of nitrogens with zero attached hydrogens (tertiary/aromatic N) is 4. The minimum absolute atomic E-state index is 0.00229. The molecule has 2 aliphatic heterocycles. The van der Waals surface area contributed by atoms with Gasteiger partial charge in [-0.1, -0.05) is 0 Å². The van der Waals surface area contributed by atoms with Crippen LogP contribution < -0.4 is 15.8 Å². The Morgan fingerprint density at radius 3 is 2.73 bits per heavy atom. The topological polar surface area (TPSA) is 70.5 Å². The molecule has 0 radical (unpaired) electrons. The van der Waals surface area contributed by atoms with Gasteiger partial charge in [-0.15, -0.1) is 0 Å². The summed E-state index contributed by atoms with van der Waals surface area (Å²) >= 11 is 0. The predicted octanol–water partition coefficient (Wildman–Crippen LogP) is 0.692. The maximum Gasteiger partial charge on any atom is 0.268 e. The molecule has 1 saturated carbocycles. The summed E-state index contributed by atoms with van der Waals surface area (Å²) in [6.45, 7) is 6.21. The average Bonchev–Trinajstić information content (AvgIpc) is 3.11. The summed E-state index contributed by atoms with van der Waals surface area (Å²) < 4.78 is 1.57. The van der Waals surface area contributed by atoms with E-state index in [0.29, 0.717) is 12.5 Å². The monoisotopic (exact) mass is 359 g/mol. The molecule has 4 rings (SSSR count). The molecular formula is C19H29N5O2. The number of aromatic nitrogens is 2. The van der Waals surface area contributed by atoms with Gasteiger partial charge >= 0.3 is 0 Å². The molecule has 7 nitrogen and oxygen atoms in total. The van der Waals surface area contributed by atoms with Crippen LogP contribution >= 0.6 is 0 Å². The quantitative estimate of drug-likeness (QED) is 0.776. The molecule has 1 unspecified atom stereocenters. The molecule has 3 fully saturated rings. The van der Waals surface area contributed by atoms with Gasteiger partial charge in [-0.2, -0.15) is 5.10 Å². The third-order valence-corrected chi connectivity index (χ3v) is 5.83. The fraction of sp³-hybridized carbons (Fsp3) is 0.737. The van der Waals surface area contributed by atoms with Crippen molar-refractivity contribution in [1.82, 2.24) is 20.0 Å². The van der Waals surface area contributed by atoms with Crippen molar-refractivity contribution in [1.29, 1.82) is 0 Å². The van der Waals surface area contributed by atoms with Crippen molar-refractivity contribution in [2.45, 2.75) is 38.6 Å². The standard InChI is InChI=1S/C19H29N5O2/c25-18-11-17(12-21-24(18)13-15-3-4-15)23-9-5-16(14-23)19(26)20-6-10-22-7-1-2-8-22/h11-12,15-16H,1-10,13-14H2,(H,20,26). The molecule has 2 saturated heterocycles. The summed E-state index contributed by atoms with van der Waals surface area (Å²) in [7, 11) is 0. The third-order valence-electron chi connectivity index (χ3n) is 5.83. The summed E-state index contributed by atoms with van der Waals surface area (Å²) in [5.74, 6) is 0.774. The number of hydrogen-bond donors (Lipinski definition) is 1. The lowest BCUT2D eigenvalue weighted by Crippen LogP contribution is -2.38. The third kappa shape index (κ3) is 4.26. The van der Waals surface area contributed by atoms with Crippen molar-refractivity contribution in [2.75, 3.05) is 44.2 Å². The highest BCUT2D eigenvalue weighted by molar-refractivity contribution is 5.80. The van der Waals surface area contributed by atoms with E-state index in [-0.39, 0.29) is 17.4 Å². The second kappa shape index (κ2) is 7.78. The first kappa shape index (κ1) is 17.5. The largest absolute Gasteiger partial charge is 0.369 e. The first-order valence-corrected chi connectivity index (χ1v) is 10.0. The number of carbonyl (C=O) groups excluding carboxylic acids is 1. The van der Waals surface area contributed by atoms with Crippen LogP contribution in [-0.2, 0) is 11.3 Å². The van der Waals surface area contributed by atoms with Gasteiger partial charge in [0.25, 0.3) is 5.56 Å². The van der Waals surface area contributed by atoms with E-state index in [0.717, 1.165) is 51.4 Å². The fourth-order valence-corrected chi connectivity index (χ4v) is 3.98. The number of anilines is 1. The minimum atomic E-state index is -0.0343. The van der Waals surface area contributed by atoms with Crippen LogP contribution in [0.5, 0.6) is 0 Å². The van der Waals surface area contributed by atoms with Crippen molar-refractivity contribution in [3.8, 4) is 0 Å². The highest BCUT2D eigenvalue weighted by Gasteiger charge is 2.29. The van der Waals surface area contributed by atoms with Crippen molar-refractivity contribution in [2.24, 2.45) is 11.8 Å². The van der Waals surface area contributed by atoms with E-state index >= 15 is 0 Å². The predicted molar refractivity (Wildman–Crippen MR) is 100 cm³/mol. The molecule has 26 heavy (non-hydrogen) atoms.